The van der Waals surface area contributed by atoms with Crippen LogP contribution in [0.5, 0.6) is 5.75 Å². The van der Waals surface area contributed by atoms with Crippen LogP contribution >= 0.6 is 11.6 Å². The van der Waals surface area contributed by atoms with Gasteiger partial charge in [-0.3, -0.25) is 14.7 Å². The Labute approximate surface area is 212 Å². The molecule has 35 heavy (non-hydrogen) atoms. The molecule has 1 amide bonds. The van der Waals surface area contributed by atoms with Crippen molar-refractivity contribution in [3.8, 4) is 5.75 Å². The number of piperidine rings is 1. The number of aryl methyl sites for hydroxylation is 1. The highest BCUT2D eigenvalue weighted by Crippen LogP contribution is 2.26. The number of likely N-dealkylation sites (tertiary alicyclic amines) is 1. The topological polar surface area (TPSA) is 54.5 Å². The fourth-order valence-electron chi connectivity index (χ4n) is 4.46. The van der Waals surface area contributed by atoms with Gasteiger partial charge in [0.25, 0.3) is 0 Å². The first kappa shape index (κ1) is 25.0. The van der Waals surface area contributed by atoms with Crippen LogP contribution in [0.25, 0.3) is 6.08 Å². The second-order valence-corrected chi connectivity index (χ2v) is 9.39. The number of pyridine rings is 1. The van der Waals surface area contributed by atoms with Crippen molar-refractivity contribution in [2.24, 2.45) is 5.92 Å². The number of aromatic nitrogens is 1. The van der Waals surface area contributed by atoms with Crippen LogP contribution in [0.15, 0.2) is 72.9 Å². The van der Waals surface area contributed by atoms with Crippen molar-refractivity contribution in [3.05, 3.63) is 100 Å². The van der Waals surface area contributed by atoms with Crippen LogP contribution in [0.1, 0.15) is 41.3 Å². The highest BCUT2D eigenvalue weighted by molar-refractivity contribution is 6.30. The molecule has 0 bridgehead atoms. The first-order valence-electron chi connectivity index (χ1n) is 12.0. The molecule has 1 atom stereocenters. The number of nitrogens with zero attached hydrogens (tertiary/aromatic N) is 2. The second kappa shape index (κ2) is 12.0. The predicted molar refractivity (Wildman–Crippen MR) is 142 cm³/mol. The van der Waals surface area contributed by atoms with E-state index >= 15 is 0 Å². The Balaban J connectivity index is 1.34. The summed E-state index contributed by atoms with van der Waals surface area (Å²) in [6.45, 7) is 4.70. The largest absolute Gasteiger partial charge is 0.497 e. The van der Waals surface area contributed by atoms with E-state index in [2.05, 4.69) is 27.4 Å². The van der Waals surface area contributed by atoms with Gasteiger partial charge < -0.3 is 10.1 Å². The third-order valence-corrected chi connectivity index (χ3v) is 6.81. The molecule has 4 rings (SSSR count). The third kappa shape index (κ3) is 6.71. The summed E-state index contributed by atoms with van der Waals surface area (Å²) in [5.74, 6) is 0.943. The molecule has 1 aliphatic rings. The molecule has 1 aromatic heterocycles. The number of carbonyl (C=O) groups is 1. The highest BCUT2D eigenvalue weighted by atomic mass is 35.5. The van der Waals surface area contributed by atoms with E-state index in [0.29, 0.717) is 5.02 Å². The molecule has 0 aliphatic carbocycles. The lowest BCUT2D eigenvalue weighted by molar-refractivity contribution is -0.126. The molecular weight excluding hydrogens is 458 g/mol. The van der Waals surface area contributed by atoms with E-state index in [1.807, 2.05) is 67.6 Å². The SMILES string of the molecule is COc1ccc(/C=C/CN2CCC(C(=O)NC(c3ccc(Cl)cc3)c3ncccc3C)CC2)cc1. The van der Waals surface area contributed by atoms with Gasteiger partial charge in [0.15, 0.2) is 0 Å². The normalized spacial score (nSPS) is 15.7. The molecule has 0 radical (unpaired) electrons. The van der Waals surface area contributed by atoms with Crippen LogP contribution < -0.4 is 10.1 Å². The summed E-state index contributed by atoms with van der Waals surface area (Å²) in [5, 5.41) is 3.95. The average Bonchev–Trinajstić information content (AvgIpc) is 2.89. The lowest BCUT2D eigenvalue weighted by Crippen LogP contribution is -2.42. The molecule has 1 N–H and O–H groups in total. The number of rotatable bonds is 8. The van der Waals surface area contributed by atoms with E-state index in [1.165, 1.54) is 0 Å². The maximum absolute atomic E-state index is 13.3. The van der Waals surface area contributed by atoms with Crippen molar-refractivity contribution in [3.63, 3.8) is 0 Å². The van der Waals surface area contributed by atoms with Crippen molar-refractivity contribution in [2.75, 3.05) is 26.7 Å². The van der Waals surface area contributed by atoms with Gasteiger partial charge in [-0.25, -0.2) is 0 Å². The minimum Gasteiger partial charge on any atom is -0.497 e. The fourth-order valence-corrected chi connectivity index (χ4v) is 4.58. The summed E-state index contributed by atoms with van der Waals surface area (Å²) < 4.78 is 5.21. The van der Waals surface area contributed by atoms with Gasteiger partial charge in [0, 0.05) is 23.7 Å². The van der Waals surface area contributed by atoms with Gasteiger partial charge in [0.1, 0.15) is 5.75 Å². The van der Waals surface area contributed by atoms with Crippen molar-refractivity contribution >= 4 is 23.6 Å². The standard InChI is InChI=1S/C29H32ClN3O2/c1-21-5-3-17-31-27(21)28(23-9-11-25(30)12-10-23)32-29(34)24-15-19-33(20-16-24)18-4-6-22-7-13-26(35-2)14-8-22/h3-14,17,24,28H,15-16,18-20H2,1-2H3,(H,32,34)/b6-4+. The number of halogens is 1. The van der Waals surface area contributed by atoms with Crippen LogP contribution in [-0.2, 0) is 4.79 Å². The molecule has 1 saturated heterocycles. The quantitative estimate of drug-likeness (QED) is 0.442. The third-order valence-electron chi connectivity index (χ3n) is 6.56. The van der Waals surface area contributed by atoms with Crippen LogP contribution in [0, 0.1) is 12.8 Å². The number of amides is 1. The van der Waals surface area contributed by atoms with Crippen LogP contribution in [-0.4, -0.2) is 42.5 Å². The lowest BCUT2D eigenvalue weighted by Gasteiger charge is -2.31. The zero-order valence-electron chi connectivity index (χ0n) is 20.3. The summed E-state index contributed by atoms with van der Waals surface area (Å²) in [6, 6.07) is 19.3. The summed E-state index contributed by atoms with van der Waals surface area (Å²) in [5.41, 5.74) is 4.04. The minimum atomic E-state index is -0.300. The van der Waals surface area contributed by atoms with Crippen LogP contribution in [0.3, 0.4) is 0 Å². The number of hydrogen-bond acceptors (Lipinski definition) is 4. The van der Waals surface area contributed by atoms with Gasteiger partial charge in [0.05, 0.1) is 18.8 Å². The van der Waals surface area contributed by atoms with Crippen LogP contribution in [0.2, 0.25) is 5.02 Å². The first-order chi connectivity index (χ1) is 17.0. The Morgan fingerprint density at radius 2 is 1.86 bits per heavy atom. The Bertz CT molecular complexity index is 1140. The second-order valence-electron chi connectivity index (χ2n) is 8.95. The number of nitrogens with one attached hydrogen (secondary N) is 1. The van der Waals surface area contributed by atoms with E-state index in [9.17, 15) is 4.79 Å². The molecule has 2 heterocycles. The molecular formula is C29H32ClN3O2. The van der Waals surface area contributed by atoms with Crippen molar-refractivity contribution in [1.29, 1.82) is 0 Å². The highest BCUT2D eigenvalue weighted by Gasteiger charge is 2.28. The molecule has 2 aromatic carbocycles. The van der Waals surface area contributed by atoms with E-state index < -0.39 is 0 Å². The predicted octanol–water partition coefficient (Wildman–Crippen LogP) is 5.68. The molecule has 5 nitrogen and oxygen atoms in total. The maximum atomic E-state index is 13.3. The monoisotopic (exact) mass is 489 g/mol. The number of hydrogen-bond donors (Lipinski definition) is 1. The molecule has 6 heteroatoms. The van der Waals surface area contributed by atoms with E-state index in [4.69, 9.17) is 16.3 Å². The molecule has 1 fully saturated rings. The van der Waals surface area contributed by atoms with Gasteiger partial charge in [-0.15, -0.1) is 0 Å². The van der Waals surface area contributed by atoms with Crippen LogP contribution in [0.4, 0.5) is 0 Å². The Kier molecular flexibility index (Phi) is 8.56. The molecule has 0 saturated carbocycles. The van der Waals surface area contributed by atoms with E-state index in [1.54, 1.807) is 13.3 Å². The average molecular weight is 490 g/mol. The van der Waals surface area contributed by atoms with Gasteiger partial charge in [-0.1, -0.05) is 54.1 Å². The Hall–Kier alpha value is -3.15. The number of benzene rings is 2. The number of carbonyl (C=O) groups excluding carboxylic acids is 1. The zero-order chi connectivity index (χ0) is 24.6. The smallest absolute Gasteiger partial charge is 0.224 e. The zero-order valence-corrected chi connectivity index (χ0v) is 21.0. The summed E-state index contributed by atoms with van der Waals surface area (Å²) in [4.78, 5) is 20.3. The van der Waals surface area contributed by atoms with Crippen molar-refractivity contribution < 1.29 is 9.53 Å². The molecule has 0 spiro atoms. The Morgan fingerprint density at radius 1 is 1.14 bits per heavy atom. The molecule has 182 valence electrons. The van der Waals surface area contributed by atoms with Crippen molar-refractivity contribution in [1.82, 2.24) is 15.2 Å². The number of methoxy groups -OCH3 is 1. The summed E-state index contributed by atoms with van der Waals surface area (Å²) in [7, 11) is 1.67. The van der Waals surface area contributed by atoms with Gasteiger partial charge in [-0.2, -0.15) is 0 Å². The Morgan fingerprint density at radius 3 is 2.51 bits per heavy atom. The van der Waals surface area contributed by atoms with Gasteiger partial charge >= 0.3 is 0 Å². The van der Waals surface area contributed by atoms with Crippen molar-refractivity contribution in [2.45, 2.75) is 25.8 Å². The minimum absolute atomic E-state index is 0.00404. The lowest BCUT2D eigenvalue weighted by atomic mass is 9.94. The van der Waals surface area contributed by atoms with Gasteiger partial charge in [-0.05, 0) is 79.9 Å². The summed E-state index contributed by atoms with van der Waals surface area (Å²) >= 11 is 6.10. The van der Waals surface area contributed by atoms with E-state index in [-0.39, 0.29) is 17.9 Å². The first-order valence-corrected chi connectivity index (χ1v) is 12.4. The molecule has 1 aliphatic heterocycles. The summed E-state index contributed by atoms with van der Waals surface area (Å²) in [6.07, 6.45) is 7.77. The van der Waals surface area contributed by atoms with E-state index in [0.717, 1.165) is 60.6 Å². The maximum Gasteiger partial charge on any atom is 0.224 e. The molecule has 3 aromatic rings. The van der Waals surface area contributed by atoms with Gasteiger partial charge in [0.2, 0.25) is 5.91 Å². The molecule has 1 unspecified atom stereocenters. The number of ether oxygens (including phenoxy) is 1. The fraction of sp³-hybridized carbons (Fsp3) is 0.310.